The van der Waals surface area contributed by atoms with Gasteiger partial charge in [0.15, 0.2) is 6.10 Å². The van der Waals surface area contributed by atoms with Crippen molar-refractivity contribution < 1.29 is 19.4 Å². The highest BCUT2D eigenvalue weighted by Gasteiger charge is 2.31. The Kier molecular flexibility index (Phi) is 3.95. The number of hydrogen-bond donors (Lipinski definition) is 1. The second-order valence-corrected chi connectivity index (χ2v) is 4.73. The summed E-state index contributed by atoms with van der Waals surface area (Å²) in [5.41, 5.74) is 0.656. The third kappa shape index (κ3) is 2.81. The van der Waals surface area contributed by atoms with E-state index in [1.165, 1.54) is 0 Å². The van der Waals surface area contributed by atoms with Crippen LogP contribution in [0.4, 0.5) is 0 Å². The van der Waals surface area contributed by atoms with Crippen molar-refractivity contribution in [3.8, 4) is 11.5 Å². The number of carbonyl (C=O) groups is 1. The van der Waals surface area contributed by atoms with Gasteiger partial charge in [0.1, 0.15) is 11.5 Å². The number of nitrogens with zero attached hydrogens (tertiary/aromatic N) is 1. The van der Waals surface area contributed by atoms with Crippen LogP contribution in [0.25, 0.3) is 0 Å². The highest BCUT2D eigenvalue weighted by Crippen LogP contribution is 2.31. The molecule has 1 N–H and O–H groups in total. The SMILES string of the molecule is COc1ccc([C@@H](C)O)c(OC2CCN(C)C2=O)c1. The zero-order valence-electron chi connectivity index (χ0n) is 11.4. The summed E-state index contributed by atoms with van der Waals surface area (Å²) in [6, 6.07) is 5.22. The molecular weight excluding hydrogens is 246 g/mol. The molecule has 2 rings (SSSR count). The quantitative estimate of drug-likeness (QED) is 0.893. The van der Waals surface area contributed by atoms with Gasteiger partial charge in [-0.1, -0.05) is 0 Å². The lowest BCUT2D eigenvalue weighted by atomic mass is 10.1. The molecule has 1 aliphatic rings. The lowest BCUT2D eigenvalue weighted by molar-refractivity contribution is -0.132. The van der Waals surface area contributed by atoms with Crippen LogP contribution in [-0.4, -0.2) is 42.7 Å². The molecule has 1 aliphatic heterocycles. The van der Waals surface area contributed by atoms with Gasteiger partial charge < -0.3 is 19.5 Å². The van der Waals surface area contributed by atoms with Gasteiger partial charge in [-0.3, -0.25) is 4.79 Å². The number of ether oxygens (including phenoxy) is 2. The number of likely N-dealkylation sites (N-methyl/N-ethyl adjacent to an activating group) is 1. The average Bonchev–Trinajstić information content (AvgIpc) is 2.70. The number of aliphatic hydroxyl groups excluding tert-OH is 1. The Morgan fingerprint density at radius 2 is 2.21 bits per heavy atom. The number of rotatable bonds is 4. The maximum absolute atomic E-state index is 11.9. The summed E-state index contributed by atoms with van der Waals surface area (Å²) in [7, 11) is 3.32. The molecule has 2 atom stereocenters. The summed E-state index contributed by atoms with van der Waals surface area (Å²) in [6.07, 6.45) is -0.476. The number of hydrogen-bond acceptors (Lipinski definition) is 4. The zero-order chi connectivity index (χ0) is 14.0. The molecule has 104 valence electrons. The van der Waals surface area contributed by atoms with Crippen LogP contribution >= 0.6 is 0 Å². The maximum Gasteiger partial charge on any atom is 0.263 e. The normalized spacial score (nSPS) is 20.5. The number of benzene rings is 1. The zero-order valence-corrected chi connectivity index (χ0v) is 11.4. The first kappa shape index (κ1) is 13.7. The van der Waals surface area contributed by atoms with Crippen LogP contribution in [0.5, 0.6) is 11.5 Å². The van der Waals surface area contributed by atoms with Crippen LogP contribution in [-0.2, 0) is 4.79 Å². The van der Waals surface area contributed by atoms with E-state index in [1.54, 1.807) is 44.2 Å². The van der Waals surface area contributed by atoms with Gasteiger partial charge in [-0.25, -0.2) is 0 Å². The molecule has 1 saturated heterocycles. The Morgan fingerprint density at radius 3 is 2.74 bits per heavy atom. The molecule has 5 nitrogen and oxygen atoms in total. The monoisotopic (exact) mass is 265 g/mol. The molecule has 0 radical (unpaired) electrons. The summed E-state index contributed by atoms with van der Waals surface area (Å²) in [5.74, 6) is 1.11. The first-order chi connectivity index (χ1) is 9.02. The molecule has 0 spiro atoms. The van der Waals surface area contributed by atoms with Crippen LogP contribution < -0.4 is 9.47 Å². The second kappa shape index (κ2) is 5.48. The Labute approximate surface area is 112 Å². The van der Waals surface area contributed by atoms with Crippen LogP contribution in [0.3, 0.4) is 0 Å². The fraction of sp³-hybridized carbons (Fsp3) is 0.500. The highest BCUT2D eigenvalue weighted by atomic mass is 16.5. The van der Waals surface area contributed by atoms with Gasteiger partial charge in [-0.15, -0.1) is 0 Å². The van der Waals surface area contributed by atoms with Crippen molar-refractivity contribution in [2.24, 2.45) is 0 Å². The number of amides is 1. The third-order valence-corrected chi connectivity index (χ3v) is 3.32. The van der Waals surface area contributed by atoms with E-state index in [0.29, 0.717) is 30.0 Å². The fourth-order valence-electron chi connectivity index (χ4n) is 2.14. The molecule has 0 aromatic heterocycles. The van der Waals surface area contributed by atoms with Gasteiger partial charge in [0.25, 0.3) is 5.91 Å². The number of aliphatic hydroxyl groups is 1. The van der Waals surface area contributed by atoms with E-state index in [9.17, 15) is 9.90 Å². The predicted molar refractivity (Wildman–Crippen MR) is 70.3 cm³/mol. The second-order valence-electron chi connectivity index (χ2n) is 4.73. The molecular formula is C14H19NO4. The summed E-state index contributed by atoms with van der Waals surface area (Å²) >= 11 is 0. The molecule has 1 heterocycles. The van der Waals surface area contributed by atoms with Crippen molar-refractivity contribution in [3.63, 3.8) is 0 Å². The summed E-state index contributed by atoms with van der Waals surface area (Å²) in [4.78, 5) is 13.5. The van der Waals surface area contributed by atoms with Gasteiger partial charge in [0.05, 0.1) is 13.2 Å². The van der Waals surface area contributed by atoms with Crippen molar-refractivity contribution in [2.45, 2.75) is 25.6 Å². The van der Waals surface area contributed by atoms with Gasteiger partial charge in [-0.2, -0.15) is 0 Å². The molecule has 5 heteroatoms. The predicted octanol–water partition coefficient (Wildman–Crippen LogP) is 1.36. The minimum absolute atomic E-state index is 0.0284. The van der Waals surface area contributed by atoms with Crippen molar-refractivity contribution in [1.82, 2.24) is 4.90 Å². The van der Waals surface area contributed by atoms with Crippen LogP contribution in [0, 0.1) is 0 Å². The maximum atomic E-state index is 11.9. The van der Waals surface area contributed by atoms with Crippen molar-refractivity contribution in [1.29, 1.82) is 0 Å². The highest BCUT2D eigenvalue weighted by molar-refractivity contribution is 5.83. The third-order valence-electron chi connectivity index (χ3n) is 3.32. The molecule has 1 amide bonds. The number of methoxy groups -OCH3 is 1. The van der Waals surface area contributed by atoms with Crippen LogP contribution in [0.2, 0.25) is 0 Å². The molecule has 0 bridgehead atoms. The Hall–Kier alpha value is -1.75. The summed E-state index contributed by atoms with van der Waals surface area (Å²) < 4.78 is 10.9. The molecule has 0 aliphatic carbocycles. The molecule has 1 aromatic rings. The summed E-state index contributed by atoms with van der Waals surface area (Å²) in [6.45, 7) is 2.36. The summed E-state index contributed by atoms with van der Waals surface area (Å²) in [5, 5.41) is 9.74. The van der Waals surface area contributed by atoms with Crippen molar-refractivity contribution in [2.75, 3.05) is 20.7 Å². The van der Waals surface area contributed by atoms with Crippen LogP contribution in [0.1, 0.15) is 25.0 Å². The van der Waals surface area contributed by atoms with E-state index in [1.807, 2.05) is 0 Å². The fourth-order valence-corrected chi connectivity index (χ4v) is 2.14. The van der Waals surface area contributed by atoms with E-state index < -0.39 is 12.2 Å². The Morgan fingerprint density at radius 1 is 1.47 bits per heavy atom. The topological polar surface area (TPSA) is 59.0 Å². The largest absolute Gasteiger partial charge is 0.497 e. The molecule has 1 aromatic carbocycles. The van der Waals surface area contributed by atoms with Crippen LogP contribution in [0.15, 0.2) is 18.2 Å². The van der Waals surface area contributed by atoms with Gasteiger partial charge in [0.2, 0.25) is 0 Å². The van der Waals surface area contributed by atoms with Crippen molar-refractivity contribution >= 4 is 5.91 Å². The minimum Gasteiger partial charge on any atom is -0.497 e. The van der Waals surface area contributed by atoms with Gasteiger partial charge in [-0.05, 0) is 19.1 Å². The molecule has 1 unspecified atom stereocenters. The van der Waals surface area contributed by atoms with E-state index >= 15 is 0 Å². The average molecular weight is 265 g/mol. The smallest absolute Gasteiger partial charge is 0.263 e. The standard InChI is InChI=1S/C14H19NO4/c1-9(16)11-5-4-10(18-3)8-13(11)19-12-6-7-15(2)14(12)17/h4-5,8-9,12,16H,6-7H2,1-3H3/t9-,12?/m1/s1. The molecule has 0 saturated carbocycles. The first-order valence-electron chi connectivity index (χ1n) is 6.30. The first-order valence-corrected chi connectivity index (χ1v) is 6.30. The lowest BCUT2D eigenvalue weighted by Crippen LogP contribution is -2.29. The number of carbonyl (C=O) groups excluding carboxylic acids is 1. The molecule has 19 heavy (non-hydrogen) atoms. The van der Waals surface area contributed by atoms with Gasteiger partial charge >= 0.3 is 0 Å². The minimum atomic E-state index is -0.657. The number of likely N-dealkylation sites (tertiary alicyclic amines) is 1. The van der Waals surface area contributed by atoms with Crippen molar-refractivity contribution in [3.05, 3.63) is 23.8 Å². The van der Waals surface area contributed by atoms with Gasteiger partial charge in [0, 0.05) is 31.6 Å². The Bertz CT molecular complexity index is 473. The lowest BCUT2D eigenvalue weighted by Gasteiger charge is -2.18. The van der Waals surface area contributed by atoms with E-state index in [0.717, 1.165) is 0 Å². The van der Waals surface area contributed by atoms with E-state index in [-0.39, 0.29) is 5.91 Å². The van der Waals surface area contributed by atoms with E-state index in [4.69, 9.17) is 9.47 Å². The Balaban J connectivity index is 2.25. The van der Waals surface area contributed by atoms with E-state index in [2.05, 4.69) is 0 Å². The molecule has 1 fully saturated rings.